The molecule has 2 N–H and O–H groups in total. The number of carboxylic acid groups (broad SMARTS) is 1. The molecule has 0 heterocycles. The number of para-hydroxylation sites is 1. The van der Waals surface area contributed by atoms with Crippen molar-refractivity contribution in [2.45, 2.75) is 31.1 Å². The molecule has 0 aromatic heterocycles. The molecule has 3 aromatic carbocycles. The van der Waals surface area contributed by atoms with Crippen molar-refractivity contribution < 1.29 is 28.9 Å². The lowest BCUT2D eigenvalue weighted by Gasteiger charge is -2.16. The number of hydrogen-bond donors (Lipinski definition) is 2. The molecule has 0 spiro atoms. The van der Waals surface area contributed by atoms with Gasteiger partial charge in [-0.2, -0.15) is 0 Å². The highest BCUT2D eigenvalue weighted by atomic mass is 32.2. The lowest BCUT2D eigenvalue weighted by atomic mass is 10.0. The number of aromatic hydroxyl groups is 1. The topological polar surface area (TPSA) is 76.0 Å². The van der Waals surface area contributed by atoms with Crippen molar-refractivity contribution in [1.29, 1.82) is 0 Å². The zero-order valence-corrected chi connectivity index (χ0v) is 19.4. The average Bonchev–Trinajstić information content (AvgIpc) is 2.81. The number of phenolic OH excluding ortho intramolecular Hbond substituents is 1. The van der Waals surface area contributed by atoms with Crippen LogP contribution >= 0.6 is 11.8 Å². The molecule has 174 valence electrons. The van der Waals surface area contributed by atoms with E-state index < -0.39 is 11.9 Å². The van der Waals surface area contributed by atoms with Gasteiger partial charge in [0.05, 0.1) is 24.0 Å². The molecular formula is C26H27FO5S. The van der Waals surface area contributed by atoms with E-state index in [1.54, 1.807) is 55.1 Å². The molecule has 0 fully saturated rings. The number of carboxylic acids is 1. The summed E-state index contributed by atoms with van der Waals surface area (Å²) in [4.78, 5) is 12.2. The number of thioether (sulfide) groups is 1. The van der Waals surface area contributed by atoms with Gasteiger partial charge in [0.2, 0.25) is 0 Å². The molecule has 33 heavy (non-hydrogen) atoms. The highest BCUT2D eigenvalue weighted by Gasteiger charge is 2.18. The summed E-state index contributed by atoms with van der Waals surface area (Å²) >= 11 is 1.59. The Kier molecular flexibility index (Phi) is 8.60. The smallest absolute Gasteiger partial charge is 0.310 e. The lowest BCUT2D eigenvalue weighted by Crippen LogP contribution is -2.11. The van der Waals surface area contributed by atoms with Gasteiger partial charge in [-0.25, -0.2) is 4.39 Å². The predicted octanol–water partition coefficient (Wildman–Crippen LogP) is 6.35. The van der Waals surface area contributed by atoms with Gasteiger partial charge in [-0.15, -0.1) is 11.8 Å². The maximum absolute atomic E-state index is 13.3. The molecule has 0 saturated heterocycles. The third kappa shape index (κ3) is 6.42. The van der Waals surface area contributed by atoms with Crippen LogP contribution in [0.2, 0.25) is 0 Å². The molecule has 0 bridgehead atoms. The van der Waals surface area contributed by atoms with Gasteiger partial charge in [0, 0.05) is 23.6 Å². The third-order valence-corrected chi connectivity index (χ3v) is 6.00. The number of hydrogen-bond acceptors (Lipinski definition) is 5. The van der Waals surface area contributed by atoms with Crippen LogP contribution in [0.3, 0.4) is 0 Å². The van der Waals surface area contributed by atoms with E-state index in [0.29, 0.717) is 42.3 Å². The number of ether oxygens (including phenoxy) is 2. The molecule has 7 heteroatoms. The van der Waals surface area contributed by atoms with Crippen molar-refractivity contribution in [3.8, 4) is 28.4 Å². The van der Waals surface area contributed by atoms with Gasteiger partial charge in [-0.05, 0) is 42.5 Å². The van der Waals surface area contributed by atoms with Gasteiger partial charge in [-0.1, -0.05) is 37.3 Å². The molecule has 0 aliphatic heterocycles. The van der Waals surface area contributed by atoms with E-state index in [0.717, 1.165) is 16.2 Å². The summed E-state index contributed by atoms with van der Waals surface area (Å²) in [6.07, 6.45) is 0.576. The van der Waals surface area contributed by atoms with Gasteiger partial charge in [0.1, 0.15) is 23.1 Å². The fourth-order valence-corrected chi connectivity index (χ4v) is 4.09. The number of rotatable bonds is 11. The Hall–Kier alpha value is -3.19. The Balaban J connectivity index is 1.63. The summed E-state index contributed by atoms with van der Waals surface area (Å²) in [5, 5.41) is 19.8. The van der Waals surface area contributed by atoms with Crippen LogP contribution in [0, 0.1) is 5.82 Å². The molecule has 0 radical (unpaired) electrons. The van der Waals surface area contributed by atoms with Crippen molar-refractivity contribution >= 4 is 17.7 Å². The van der Waals surface area contributed by atoms with Gasteiger partial charge in [0.25, 0.3) is 0 Å². The molecule has 0 saturated carbocycles. The van der Waals surface area contributed by atoms with Crippen molar-refractivity contribution in [2.75, 3.05) is 19.0 Å². The van der Waals surface area contributed by atoms with Gasteiger partial charge >= 0.3 is 5.97 Å². The fraction of sp³-hybridized carbons (Fsp3) is 0.269. The summed E-state index contributed by atoms with van der Waals surface area (Å²) in [5.41, 5.74) is 1.97. The number of aliphatic carboxylic acids is 1. The Morgan fingerprint density at radius 3 is 2.36 bits per heavy atom. The van der Waals surface area contributed by atoms with Crippen LogP contribution < -0.4 is 9.47 Å². The SMILES string of the molecule is CCSc1cc(-c2ccc(F)cc2)c(O)cc1OCCCOc1ccccc1C(C)C(=O)O. The molecule has 1 unspecified atom stereocenters. The standard InChI is InChI=1S/C26H27FO5S/c1-3-33-25-15-21(18-9-11-19(27)12-10-18)22(28)16-24(25)32-14-6-13-31-23-8-5-4-7-20(23)17(2)26(29)30/h4-5,7-12,15-17,28H,3,6,13-14H2,1-2H3,(H,29,30). The normalized spacial score (nSPS) is 11.7. The zero-order valence-electron chi connectivity index (χ0n) is 18.6. The average molecular weight is 471 g/mol. The first-order chi connectivity index (χ1) is 15.9. The fourth-order valence-electron chi connectivity index (χ4n) is 3.32. The summed E-state index contributed by atoms with van der Waals surface area (Å²) in [6.45, 7) is 4.38. The van der Waals surface area contributed by atoms with Crippen LogP contribution in [0.5, 0.6) is 17.2 Å². The molecular weight excluding hydrogens is 443 g/mol. The molecule has 3 aromatic rings. The summed E-state index contributed by atoms with van der Waals surface area (Å²) < 4.78 is 25.0. The van der Waals surface area contributed by atoms with Crippen LogP contribution in [0.4, 0.5) is 4.39 Å². The number of carbonyl (C=O) groups is 1. The molecule has 3 rings (SSSR count). The van der Waals surface area contributed by atoms with Crippen molar-refractivity contribution in [3.05, 3.63) is 72.0 Å². The molecule has 1 atom stereocenters. The predicted molar refractivity (Wildman–Crippen MR) is 128 cm³/mol. The van der Waals surface area contributed by atoms with E-state index in [2.05, 4.69) is 0 Å². The second kappa shape index (κ2) is 11.6. The summed E-state index contributed by atoms with van der Waals surface area (Å²) in [7, 11) is 0. The molecule has 0 amide bonds. The van der Waals surface area contributed by atoms with Gasteiger partial charge in [0.15, 0.2) is 0 Å². The number of phenols is 1. The molecule has 0 aliphatic carbocycles. The van der Waals surface area contributed by atoms with E-state index >= 15 is 0 Å². The second-order valence-electron chi connectivity index (χ2n) is 7.40. The molecule has 0 aliphatic rings. The lowest BCUT2D eigenvalue weighted by molar-refractivity contribution is -0.138. The van der Waals surface area contributed by atoms with Gasteiger partial charge in [-0.3, -0.25) is 4.79 Å². The highest BCUT2D eigenvalue weighted by molar-refractivity contribution is 7.99. The Labute approximate surface area is 197 Å². The first kappa shape index (κ1) is 24.5. The first-order valence-corrected chi connectivity index (χ1v) is 11.7. The minimum absolute atomic E-state index is 0.0601. The Morgan fingerprint density at radius 1 is 1.03 bits per heavy atom. The summed E-state index contributed by atoms with van der Waals surface area (Å²) in [5.74, 6) is 0.119. The van der Waals surface area contributed by atoms with E-state index in [1.807, 2.05) is 19.1 Å². The summed E-state index contributed by atoms with van der Waals surface area (Å²) in [6, 6.07) is 16.5. The second-order valence-corrected chi connectivity index (χ2v) is 8.71. The van der Waals surface area contributed by atoms with Crippen molar-refractivity contribution in [2.24, 2.45) is 0 Å². The van der Waals surface area contributed by atoms with Crippen LogP contribution in [-0.4, -0.2) is 35.1 Å². The maximum atomic E-state index is 13.3. The molecule has 5 nitrogen and oxygen atoms in total. The van der Waals surface area contributed by atoms with Crippen LogP contribution in [0.1, 0.15) is 31.7 Å². The Morgan fingerprint density at radius 2 is 1.70 bits per heavy atom. The highest BCUT2D eigenvalue weighted by Crippen LogP contribution is 2.40. The zero-order chi connectivity index (χ0) is 23.8. The van der Waals surface area contributed by atoms with Crippen molar-refractivity contribution in [3.63, 3.8) is 0 Å². The van der Waals surface area contributed by atoms with E-state index in [1.165, 1.54) is 12.1 Å². The van der Waals surface area contributed by atoms with E-state index in [4.69, 9.17) is 9.47 Å². The van der Waals surface area contributed by atoms with Crippen LogP contribution in [0.25, 0.3) is 11.1 Å². The quantitative estimate of drug-likeness (QED) is 0.251. The minimum atomic E-state index is -0.903. The number of halogens is 1. The van der Waals surface area contributed by atoms with E-state index in [-0.39, 0.29) is 11.6 Å². The van der Waals surface area contributed by atoms with Crippen LogP contribution in [0.15, 0.2) is 65.6 Å². The first-order valence-electron chi connectivity index (χ1n) is 10.7. The maximum Gasteiger partial charge on any atom is 0.310 e. The monoisotopic (exact) mass is 470 g/mol. The largest absolute Gasteiger partial charge is 0.507 e. The minimum Gasteiger partial charge on any atom is -0.507 e. The van der Waals surface area contributed by atoms with Crippen LogP contribution in [-0.2, 0) is 4.79 Å². The Bertz CT molecular complexity index is 1080. The third-order valence-electron chi connectivity index (χ3n) is 5.08. The van der Waals surface area contributed by atoms with Gasteiger partial charge < -0.3 is 19.7 Å². The van der Waals surface area contributed by atoms with E-state index in [9.17, 15) is 19.4 Å². The van der Waals surface area contributed by atoms with Crippen molar-refractivity contribution in [1.82, 2.24) is 0 Å². The number of benzene rings is 3.